The number of guanidine groups is 1. The molecule has 274 valence electrons. The van der Waals surface area contributed by atoms with Crippen molar-refractivity contribution in [1.82, 2.24) is 40.1 Å². The molecule has 2 N–H and O–H groups in total. The molecule has 2 aromatic heterocycles. The number of benzene rings is 2. The lowest BCUT2D eigenvalue weighted by molar-refractivity contribution is -0.164. The van der Waals surface area contributed by atoms with Crippen molar-refractivity contribution in [3.63, 3.8) is 0 Å². The van der Waals surface area contributed by atoms with Crippen molar-refractivity contribution < 1.29 is 36.3 Å². The first-order chi connectivity index (χ1) is 24.4. The SMILES string of the molecule is Cn1ccc(-c2ccc([C@@]3(CC(C)(C)C)NC4=NC(F)c5ncnn5-c5cc(ccc5Cl)[C@@H](COC(=O)NC5(C(F)(F)F)CC5)N4C3=O)cc2F)n1. The standard InChI is InChI=1S/C34H33ClF5N9O3/c1-31(2,3)16-33(19-6-7-20(22(36)14-19)23-9-12-47(4)46-23)28(50)48-25(15-52-30(51)45-32(10-11-32)34(38,39)40)18-5-8-21(35)24(13-18)49-27(41-17-42-49)26(37)43-29(48)44-33/h5-9,12-14,17,25-26H,10-11,15-16H2,1-4H3,(H,43,44)(H,45,51)/t25-,26?,33-/m1/s1. The van der Waals surface area contributed by atoms with Crippen molar-refractivity contribution in [2.24, 2.45) is 17.5 Å². The molecule has 1 aliphatic carbocycles. The molecule has 2 amide bonds. The minimum atomic E-state index is -4.71. The maximum atomic E-state index is 16.3. The zero-order valence-corrected chi connectivity index (χ0v) is 29.1. The highest BCUT2D eigenvalue weighted by molar-refractivity contribution is 6.32. The van der Waals surface area contributed by atoms with Gasteiger partial charge in [0.05, 0.1) is 22.4 Å². The van der Waals surface area contributed by atoms with Crippen LogP contribution in [0.15, 0.2) is 60.0 Å². The molecule has 1 saturated heterocycles. The van der Waals surface area contributed by atoms with E-state index in [1.807, 2.05) is 26.1 Å². The molecular formula is C34H33ClF5N9O3. The lowest BCUT2D eigenvalue weighted by Crippen LogP contribution is -2.49. The number of carbonyl (C=O) groups is 2. The Bertz CT molecular complexity index is 2110. The number of amides is 2. The Morgan fingerprint density at radius 3 is 2.52 bits per heavy atom. The Balaban J connectivity index is 1.36. The average Bonchev–Trinajstić information content (AvgIpc) is 3.36. The van der Waals surface area contributed by atoms with Crippen LogP contribution < -0.4 is 10.6 Å². The molecule has 18 heteroatoms. The summed E-state index contributed by atoms with van der Waals surface area (Å²) in [5.41, 5.74) is -3.62. The molecular weight excluding hydrogens is 713 g/mol. The molecule has 4 heterocycles. The van der Waals surface area contributed by atoms with Crippen LogP contribution in [0.1, 0.15) is 69.3 Å². The first-order valence-corrected chi connectivity index (χ1v) is 16.6. The lowest BCUT2D eigenvalue weighted by atomic mass is 9.75. The summed E-state index contributed by atoms with van der Waals surface area (Å²) in [4.78, 5) is 37.4. The van der Waals surface area contributed by atoms with E-state index >= 15 is 13.6 Å². The molecule has 1 unspecified atom stereocenters. The van der Waals surface area contributed by atoms with E-state index in [2.05, 4.69) is 25.5 Å². The number of carbonyl (C=O) groups excluding carboxylic acids is 2. The number of alkyl carbamates (subject to hydrolysis) is 1. The smallest absolute Gasteiger partial charge is 0.411 e. The third-order valence-electron chi connectivity index (χ3n) is 9.31. The van der Waals surface area contributed by atoms with Gasteiger partial charge in [-0.2, -0.15) is 23.4 Å². The van der Waals surface area contributed by atoms with E-state index in [0.717, 1.165) is 15.9 Å². The van der Waals surface area contributed by atoms with Gasteiger partial charge in [0, 0.05) is 18.8 Å². The van der Waals surface area contributed by atoms with Crippen LogP contribution in [0.5, 0.6) is 0 Å². The molecule has 2 aromatic carbocycles. The number of ether oxygens (including phenoxy) is 1. The summed E-state index contributed by atoms with van der Waals surface area (Å²) < 4.78 is 81.3. The summed E-state index contributed by atoms with van der Waals surface area (Å²) in [6, 6.07) is 9.07. The fraction of sp³-hybridized carbons (Fsp3) is 0.412. The Hall–Kier alpha value is -5.06. The molecule has 1 saturated carbocycles. The van der Waals surface area contributed by atoms with Gasteiger partial charge in [-0.3, -0.25) is 14.4 Å². The number of aliphatic imine (C=N–C) groups is 1. The minimum Gasteiger partial charge on any atom is -0.447 e. The second-order valence-electron chi connectivity index (χ2n) is 14.4. The summed E-state index contributed by atoms with van der Waals surface area (Å²) >= 11 is 6.51. The predicted octanol–water partition coefficient (Wildman–Crippen LogP) is 6.42. The summed E-state index contributed by atoms with van der Waals surface area (Å²) in [6.07, 6.45) is -6.13. The maximum absolute atomic E-state index is 16.3. The summed E-state index contributed by atoms with van der Waals surface area (Å²) in [5.74, 6) is -1.97. The van der Waals surface area contributed by atoms with Crippen LogP contribution in [0, 0.1) is 11.2 Å². The zero-order valence-electron chi connectivity index (χ0n) is 28.3. The molecule has 7 rings (SSSR count). The normalized spacial score (nSPS) is 22.2. The van der Waals surface area contributed by atoms with E-state index in [9.17, 15) is 18.0 Å². The van der Waals surface area contributed by atoms with Gasteiger partial charge in [-0.15, -0.1) is 0 Å². The molecule has 3 aliphatic rings. The van der Waals surface area contributed by atoms with E-state index in [4.69, 9.17) is 16.3 Å². The lowest BCUT2D eigenvalue weighted by Gasteiger charge is -2.35. The first kappa shape index (κ1) is 35.3. The van der Waals surface area contributed by atoms with Crippen molar-refractivity contribution in [3.8, 4) is 16.9 Å². The summed E-state index contributed by atoms with van der Waals surface area (Å²) in [6.45, 7) is 4.90. The van der Waals surface area contributed by atoms with E-state index in [-0.39, 0.29) is 58.4 Å². The second-order valence-corrected chi connectivity index (χ2v) is 14.8. The highest BCUT2D eigenvalue weighted by Gasteiger charge is 2.65. The number of hydrogen-bond donors (Lipinski definition) is 2. The number of nitrogens with zero attached hydrogens (tertiary/aromatic N) is 7. The highest BCUT2D eigenvalue weighted by Crippen LogP contribution is 2.49. The monoisotopic (exact) mass is 745 g/mol. The van der Waals surface area contributed by atoms with Gasteiger partial charge >= 0.3 is 12.3 Å². The van der Waals surface area contributed by atoms with Crippen LogP contribution >= 0.6 is 11.6 Å². The average molecular weight is 746 g/mol. The fourth-order valence-corrected chi connectivity index (χ4v) is 6.92. The number of rotatable bonds is 6. The Morgan fingerprint density at radius 2 is 1.88 bits per heavy atom. The Kier molecular flexibility index (Phi) is 8.34. The molecule has 4 aromatic rings. The molecule has 12 nitrogen and oxygen atoms in total. The van der Waals surface area contributed by atoms with Crippen molar-refractivity contribution in [3.05, 3.63) is 82.8 Å². The fourth-order valence-electron chi connectivity index (χ4n) is 6.72. The van der Waals surface area contributed by atoms with Gasteiger partial charge in [-0.1, -0.05) is 44.5 Å². The van der Waals surface area contributed by atoms with E-state index in [1.54, 1.807) is 25.4 Å². The minimum absolute atomic E-state index is 0.0396. The van der Waals surface area contributed by atoms with Gasteiger partial charge in [0.2, 0.25) is 5.96 Å². The number of hydrogen-bond acceptors (Lipinski definition) is 8. The van der Waals surface area contributed by atoms with Crippen LogP contribution in [0.4, 0.5) is 26.7 Å². The third kappa shape index (κ3) is 6.13. The molecule has 0 spiro atoms. The molecule has 2 fully saturated rings. The quantitative estimate of drug-likeness (QED) is 0.172. The van der Waals surface area contributed by atoms with Gasteiger partial charge in [-0.25, -0.2) is 28.2 Å². The molecule has 0 radical (unpaired) electrons. The Morgan fingerprint density at radius 1 is 1.13 bits per heavy atom. The van der Waals surface area contributed by atoms with Gasteiger partial charge in [0.25, 0.3) is 12.2 Å². The van der Waals surface area contributed by atoms with Crippen molar-refractivity contribution in [2.75, 3.05) is 6.61 Å². The van der Waals surface area contributed by atoms with Crippen LogP contribution in [-0.4, -0.2) is 65.7 Å². The first-order valence-electron chi connectivity index (χ1n) is 16.3. The molecule has 52 heavy (non-hydrogen) atoms. The topological polar surface area (TPSA) is 132 Å². The van der Waals surface area contributed by atoms with E-state index in [0.29, 0.717) is 5.69 Å². The third-order valence-corrected chi connectivity index (χ3v) is 9.63. The van der Waals surface area contributed by atoms with Gasteiger partial charge < -0.3 is 15.4 Å². The van der Waals surface area contributed by atoms with Crippen LogP contribution in [0.25, 0.3) is 16.9 Å². The van der Waals surface area contributed by atoms with Crippen LogP contribution in [0.3, 0.4) is 0 Å². The van der Waals surface area contributed by atoms with Gasteiger partial charge in [0.15, 0.2) is 5.82 Å². The molecule has 2 aliphatic heterocycles. The number of fused-ring (bicyclic) bond motifs is 5. The Labute approximate surface area is 299 Å². The predicted molar refractivity (Wildman–Crippen MR) is 177 cm³/mol. The largest absolute Gasteiger partial charge is 0.447 e. The van der Waals surface area contributed by atoms with E-state index < -0.39 is 59.4 Å². The van der Waals surface area contributed by atoms with Crippen molar-refractivity contribution in [1.29, 1.82) is 0 Å². The second kappa shape index (κ2) is 12.3. The van der Waals surface area contributed by atoms with Gasteiger partial charge in [0.1, 0.15) is 29.8 Å². The van der Waals surface area contributed by atoms with Crippen molar-refractivity contribution >= 4 is 29.6 Å². The van der Waals surface area contributed by atoms with Crippen LogP contribution in [0.2, 0.25) is 5.02 Å². The van der Waals surface area contributed by atoms with E-state index in [1.165, 1.54) is 35.0 Å². The maximum Gasteiger partial charge on any atom is 0.411 e. The summed E-state index contributed by atoms with van der Waals surface area (Å²) in [7, 11) is 1.69. The highest BCUT2D eigenvalue weighted by atomic mass is 35.5. The van der Waals surface area contributed by atoms with Crippen molar-refractivity contribution in [2.45, 2.75) is 69.6 Å². The van der Waals surface area contributed by atoms with Crippen LogP contribution in [-0.2, 0) is 22.1 Å². The zero-order chi connectivity index (χ0) is 37.4. The van der Waals surface area contributed by atoms with Gasteiger partial charge in [-0.05, 0) is 66.1 Å². The number of nitrogens with one attached hydrogen (secondary N) is 2. The number of alkyl halides is 4. The molecule has 3 atom stereocenters. The number of aryl methyl sites for hydroxylation is 1. The number of halogens is 6. The molecule has 2 bridgehead atoms. The number of aromatic nitrogens is 5. The summed E-state index contributed by atoms with van der Waals surface area (Å²) in [5, 5.41) is 13.5.